The number of fused-ring (bicyclic) bond motifs is 1. The second-order valence-electron chi connectivity index (χ2n) is 6.29. The fourth-order valence-electron chi connectivity index (χ4n) is 2.44. The van der Waals surface area contributed by atoms with Gasteiger partial charge < -0.3 is 10.6 Å². The van der Waals surface area contributed by atoms with E-state index in [9.17, 15) is 9.59 Å². The van der Waals surface area contributed by atoms with Gasteiger partial charge in [0, 0.05) is 23.6 Å². The summed E-state index contributed by atoms with van der Waals surface area (Å²) in [7, 11) is 0. The van der Waals surface area contributed by atoms with Gasteiger partial charge in [0.05, 0.1) is 0 Å². The van der Waals surface area contributed by atoms with Crippen LogP contribution in [0, 0.1) is 5.41 Å². The highest BCUT2D eigenvalue weighted by Gasteiger charge is 2.33. The SMILES string of the molecule is CC(C)(C)C(=O)/C=C1/NC2CCCCC2NC1=O. The second kappa shape index (κ2) is 4.75. The van der Waals surface area contributed by atoms with Crippen molar-refractivity contribution in [2.24, 2.45) is 5.41 Å². The van der Waals surface area contributed by atoms with E-state index in [-0.39, 0.29) is 23.8 Å². The van der Waals surface area contributed by atoms with Crippen LogP contribution in [0.1, 0.15) is 46.5 Å². The first kappa shape index (κ1) is 13.1. The van der Waals surface area contributed by atoms with Gasteiger partial charge in [-0.25, -0.2) is 0 Å². The Hall–Kier alpha value is -1.32. The number of rotatable bonds is 1. The number of amides is 1. The van der Waals surface area contributed by atoms with Crippen LogP contribution in [0.2, 0.25) is 0 Å². The van der Waals surface area contributed by atoms with E-state index in [1.54, 1.807) is 0 Å². The lowest BCUT2D eigenvalue weighted by Gasteiger charge is -2.38. The Morgan fingerprint density at radius 1 is 1.17 bits per heavy atom. The fourth-order valence-corrected chi connectivity index (χ4v) is 2.44. The van der Waals surface area contributed by atoms with Crippen molar-refractivity contribution < 1.29 is 9.59 Å². The lowest BCUT2D eigenvalue weighted by molar-refractivity contribution is -0.123. The molecule has 1 amide bonds. The smallest absolute Gasteiger partial charge is 0.267 e. The van der Waals surface area contributed by atoms with E-state index in [1.807, 2.05) is 20.8 Å². The summed E-state index contributed by atoms with van der Waals surface area (Å²) in [6.07, 6.45) is 5.91. The third kappa shape index (κ3) is 2.74. The normalized spacial score (nSPS) is 30.4. The highest BCUT2D eigenvalue weighted by Crippen LogP contribution is 2.23. The van der Waals surface area contributed by atoms with Crippen molar-refractivity contribution in [1.82, 2.24) is 10.6 Å². The number of carbonyl (C=O) groups excluding carboxylic acids is 2. The Labute approximate surface area is 108 Å². The van der Waals surface area contributed by atoms with E-state index in [0.717, 1.165) is 12.8 Å². The quantitative estimate of drug-likeness (QED) is 0.694. The van der Waals surface area contributed by atoms with Crippen LogP contribution in [-0.4, -0.2) is 23.8 Å². The van der Waals surface area contributed by atoms with Crippen molar-refractivity contribution in [2.45, 2.75) is 58.5 Å². The highest BCUT2D eigenvalue weighted by atomic mass is 16.2. The van der Waals surface area contributed by atoms with Gasteiger partial charge in [0.25, 0.3) is 5.91 Å². The van der Waals surface area contributed by atoms with Crippen LogP contribution < -0.4 is 10.6 Å². The van der Waals surface area contributed by atoms with E-state index < -0.39 is 5.41 Å². The number of hydrogen-bond donors (Lipinski definition) is 2. The second-order valence-corrected chi connectivity index (χ2v) is 6.29. The lowest BCUT2D eigenvalue weighted by Crippen LogP contribution is -2.58. The molecular formula is C14H22N2O2. The first-order valence-electron chi connectivity index (χ1n) is 6.71. The first-order valence-corrected chi connectivity index (χ1v) is 6.71. The molecule has 4 heteroatoms. The van der Waals surface area contributed by atoms with Gasteiger partial charge >= 0.3 is 0 Å². The van der Waals surface area contributed by atoms with Crippen molar-refractivity contribution in [3.05, 3.63) is 11.8 Å². The molecule has 1 aliphatic heterocycles. The van der Waals surface area contributed by atoms with E-state index in [4.69, 9.17) is 0 Å². The molecule has 2 fully saturated rings. The molecule has 4 nitrogen and oxygen atoms in total. The monoisotopic (exact) mass is 250 g/mol. The number of ketones is 1. The van der Waals surface area contributed by atoms with E-state index in [1.165, 1.54) is 18.9 Å². The minimum Gasteiger partial charge on any atom is -0.376 e. The molecule has 18 heavy (non-hydrogen) atoms. The number of carbonyl (C=O) groups is 2. The van der Waals surface area contributed by atoms with Crippen LogP contribution in [0.4, 0.5) is 0 Å². The molecule has 1 saturated carbocycles. The molecule has 2 unspecified atom stereocenters. The number of allylic oxidation sites excluding steroid dienone is 1. The molecule has 0 aromatic heterocycles. The minimum absolute atomic E-state index is 0.0191. The zero-order valence-electron chi connectivity index (χ0n) is 11.4. The van der Waals surface area contributed by atoms with Gasteiger partial charge in [0.15, 0.2) is 5.78 Å². The highest BCUT2D eigenvalue weighted by molar-refractivity contribution is 6.03. The Morgan fingerprint density at radius 2 is 1.72 bits per heavy atom. The number of piperazine rings is 1. The molecule has 1 saturated heterocycles. The summed E-state index contributed by atoms with van der Waals surface area (Å²) in [5.41, 5.74) is -0.0173. The molecule has 0 spiro atoms. The third-order valence-electron chi connectivity index (χ3n) is 3.68. The van der Waals surface area contributed by atoms with E-state index in [2.05, 4.69) is 10.6 Å². The van der Waals surface area contributed by atoms with Crippen LogP contribution in [0.15, 0.2) is 11.8 Å². The molecule has 2 rings (SSSR count). The molecule has 2 aliphatic rings. The summed E-state index contributed by atoms with van der Waals surface area (Å²) in [5.74, 6) is -0.162. The maximum absolute atomic E-state index is 11.9. The first-order chi connectivity index (χ1) is 8.38. The Balaban J connectivity index is 2.12. The predicted octanol–water partition coefficient (Wildman–Crippen LogP) is 1.52. The van der Waals surface area contributed by atoms with E-state index >= 15 is 0 Å². The molecule has 1 heterocycles. The summed E-state index contributed by atoms with van der Waals surface area (Å²) >= 11 is 0. The van der Waals surface area contributed by atoms with Gasteiger partial charge in [0.1, 0.15) is 5.70 Å². The van der Waals surface area contributed by atoms with Gasteiger partial charge in [-0.3, -0.25) is 9.59 Å². The van der Waals surface area contributed by atoms with Crippen LogP contribution >= 0.6 is 0 Å². The summed E-state index contributed by atoms with van der Waals surface area (Å²) in [5, 5.41) is 6.24. The van der Waals surface area contributed by atoms with Gasteiger partial charge in [-0.05, 0) is 12.8 Å². The van der Waals surface area contributed by atoms with Crippen molar-refractivity contribution >= 4 is 11.7 Å². The molecule has 1 aliphatic carbocycles. The molecule has 2 N–H and O–H groups in total. The zero-order valence-corrected chi connectivity index (χ0v) is 11.4. The summed E-state index contributed by atoms with van der Waals surface area (Å²) in [6, 6.07) is 0.517. The van der Waals surface area contributed by atoms with Gasteiger partial charge in [-0.1, -0.05) is 33.6 Å². The van der Waals surface area contributed by atoms with Gasteiger partial charge in [-0.15, -0.1) is 0 Å². The van der Waals surface area contributed by atoms with Gasteiger partial charge in [-0.2, -0.15) is 0 Å². The molecule has 0 radical (unpaired) electrons. The maximum atomic E-state index is 11.9. The average Bonchev–Trinajstić information content (AvgIpc) is 2.28. The summed E-state index contributed by atoms with van der Waals surface area (Å²) in [4.78, 5) is 23.9. The summed E-state index contributed by atoms with van der Waals surface area (Å²) < 4.78 is 0. The molecule has 100 valence electrons. The molecular weight excluding hydrogens is 228 g/mol. The molecule has 2 atom stereocenters. The fraction of sp³-hybridized carbons (Fsp3) is 0.714. The van der Waals surface area contributed by atoms with Crippen LogP contribution in [0.3, 0.4) is 0 Å². The minimum atomic E-state index is -0.446. The molecule has 0 aromatic carbocycles. The Bertz CT molecular complexity index is 393. The van der Waals surface area contributed by atoms with E-state index in [0.29, 0.717) is 5.70 Å². The van der Waals surface area contributed by atoms with Crippen molar-refractivity contribution in [2.75, 3.05) is 0 Å². The Morgan fingerprint density at radius 3 is 2.28 bits per heavy atom. The van der Waals surface area contributed by atoms with Crippen LogP contribution in [0.25, 0.3) is 0 Å². The summed E-state index contributed by atoms with van der Waals surface area (Å²) in [6.45, 7) is 5.57. The van der Waals surface area contributed by atoms with Crippen molar-refractivity contribution in [3.63, 3.8) is 0 Å². The topological polar surface area (TPSA) is 58.2 Å². The van der Waals surface area contributed by atoms with Crippen molar-refractivity contribution in [1.29, 1.82) is 0 Å². The Kier molecular flexibility index (Phi) is 3.46. The predicted molar refractivity (Wildman–Crippen MR) is 69.9 cm³/mol. The molecule has 0 bridgehead atoms. The average molecular weight is 250 g/mol. The number of hydrogen-bond acceptors (Lipinski definition) is 3. The third-order valence-corrected chi connectivity index (χ3v) is 3.68. The number of nitrogens with one attached hydrogen (secondary N) is 2. The van der Waals surface area contributed by atoms with Crippen LogP contribution in [-0.2, 0) is 9.59 Å². The van der Waals surface area contributed by atoms with Crippen molar-refractivity contribution in [3.8, 4) is 0 Å². The lowest BCUT2D eigenvalue weighted by atomic mass is 9.87. The van der Waals surface area contributed by atoms with Gasteiger partial charge in [0.2, 0.25) is 0 Å². The largest absolute Gasteiger partial charge is 0.376 e. The zero-order chi connectivity index (χ0) is 13.3. The molecule has 0 aromatic rings. The maximum Gasteiger partial charge on any atom is 0.267 e. The standard InChI is InChI=1S/C14H22N2O2/c1-14(2,3)12(17)8-11-13(18)16-10-7-5-4-6-9(10)15-11/h8-10,15H,4-7H2,1-3H3,(H,16,18)/b11-8+. The van der Waals surface area contributed by atoms with Crippen LogP contribution in [0.5, 0.6) is 0 Å².